The van der Waals surface area contributed by atoms with Crippen LogP contribution in [-0.2, 0) is 0 Å². The van der Waals surface area contributed by atoms with Gasteiger partial charge >= 0.3 is 0 Å². The zero-order valence-electron chi connectivity index (χ0n) is 14.9. The highest BCUT2D eigenvalue weighted by Crippen LogP contribution is 2.36. The van der Waals surface area contributed by atoms with Crippen molar-refractivity contribution in [2.24, 2.45) is 0 Å². The van der Waals surface area contributed by atoms with Crippen LogP contribution in [0.15, 0.2) is 78.9 Å². The van der Waals surface area contributed by atoms with Gasteiger partial charge in [0.2, 0.25) is 0 Å². The average Bonchev–Trinajstić information content (AvgIpc) is 2.68. The number of hydrogen-bond donors (Lipinski definition) is 0. The lowest BCUT2D eigenvalue weighted by molar-refractivity contribution is 0.866. The number of fused-ring (bicyclic) bond motifs is 2. The molecule has 0 amide bonds. The van der Waals surface area contributed by atoms with Gasteiger partial charge in [-0.3, -0.25) is 0 Å². The molecule has 0 radical (unpaired) electrons. The third kappa shape index (κ3) is 2.76. The lowest BCUT2D eigenvalue weighted by Gasteiger charge is -2.21. The minimum atomic E-state index is 1.03. The second kappa shape index (κ2) is 6.60. The van der Waals surface area contributed by atoms with Crippen LogP contribution in [0, 0.1) is 0 Å². The summed E-state index contributed by atoms with van der Waals surface area (Å²) >= 11 is 0. The zero-order chi connectivity index (χ0) is 17.2. The first kappa shape index (κ1) is 15.7. The van der Waals surface area contributed by atoms with Crippen LogP contribution in [0.5, 0.6) is 0 Å². The van der Waals surface area contributed by atoms with E-state index in [0.717, 1.165) is 13.1 Å². The zero-order valence-corrected chi connectivity index (χ0v) is 14.9. The molecule has 0 atom stereocenters. The third-order valence-corrected chi connectivity index (χ3v) is 5.06. The van der Waals surface area contributed by atoms with Gasteiger partial charge in [0.05, 0.1) is 0 Å². The van der Waals surface area contributed by atoms with Crippen LogP contribution in [0.25, 0.3) is 32.7 Å². The van der Waals surface area contributed by atoms with Crippen LogP contribution < -0.4 is 4.90 Å². The highest BCUT2D eigenvalue weighted by Gasteiger charge is 2.10. The molecule has 0 N–H and O–H groups in total. The summed E-state index contributed by atoms with van der Waals surface area (Å²) in [4.78, 5) is 2.38. The van der Waals surface area contributed by atoms with Crippen LogP contribution >= 0.6 is 0 Å². The number of rotatable bonds is 4. The summed E-state index contributed by atoms with van der Waals surface area (Å²) in [5.41, 5.74) is 3.90. The average molecular weight is 325 g/mol. The van der Waals surface area contributed by atoms with Gasteiger partial charge in [-0.2, -0.15) is 0 Å². The van der Waals surface area contributed by atoms with Crippen LogP contribution in [-0.4, -0.2) is 13.1 Å². The van der Waals surface area contributed by atoms with Crippen molar-refractivity contribution in [1.82, 2.24) is 0 Å². The molecule has 1 nitrogen and oxygen atoms in total. The maximum absolute atomic E-state index is 2.38. The maximum atomic E-state index is 2.38. The van der Waals surface area contributed by atoms with Crippen molar-refractivity contribution in [2.45, 2.75) is 13.8 Å². The first-order valence-electron chi connectivity index (χ1n) is 9.07. The summed E-state index contributed by atoms with van der Waals surface area (Å²) < 4.78 is 0. The SMILES string of the molecule is CCN(CC)c1ccc(-c2c3ccccc3cc3ccccc23)cc1. The molecule has 0 bridgehead atoms. The van der Waals surface area contributed by atoms with Gasteiger partial charge in [-0.1, -0.05) is 60.7 Å². The Kier molecular flexibility index (Phi) is 4.15. The molecule has 0 aliphatic carbocycles. The monoisotopic (exact) mass is 325 g/mol. The molecule has 124 valence electrons. The van der Waals surface area contributed by atoms with E-state index in [9.17, 15) is 0 Å². The molecule has 1 heteroatoms. The molecule has 0 aromatic heterocycles. The Morgan fingerprint density at radius 2 is 1.16 bits per heavy atom. The van der Waals surface area contributed by atoms with Gasteiger partial charge < -0.3 is 4.90 Å². The van der Waals surface area contributed by atoms with Gasteiger partial charge in [0.1, 0.15) is 0 Å². The van der Waals surface area contributed by atoms with Crippen molar-refractivity contribution in [1.29, 1.82) is 0 Å². The number of benzene rings is 4. The fourth-order valence-electron chi connectivity index (χ4n) is 3.75. The topological polar surface area (TPSA) is 3.24 Å². The molecule has 4 aromatic rings. The van der Waals surface area contributed by atoms with Crippen molar-refractivity contribution < 1.29 is 0 Å². The van der Waals surface area contributed by atoms with Crippen molar-refractivity contribution >= 4 is 27.2 Å². The Morgan fingerprint density at radius 3 is 1.68 bits per heavy atom. The van der Waals surface area contributed by atoms with E-state index in [2.05, 4.69) is 97.6 Å². The van der Waals surface area contributed by atoms with E-state index in [1.165, 1.54) is 38.4 Å². The molecule has 0 saturated carbocycles. The molecule has 25 heavy (non-hydrogen) atoms. The highest BCUT2D eigenvalue weighted by molar-refractivity contribution is 6.12. The smallest absolute Gasteiger partial charge is 0.0366 e. The van der Waals surface area contributed by atoms with E-state index in [-0.39, 0.29) is 0 Å². The largest absolute Gasteiger partial charge is 0.372 e. The molecule has 0 aliphatic heterocycles. The third-order valence-electron chi connectivity index (χ3n) is 5.06. The van der Waals surface area contributed by atoms with Crippen molar-refractivity contribution in [2.75, 3.05) is 18.0 Å². The second-order valence-corrected chi connectivity index (χ2v) is 6.41. The van der Waals surface area contributed by atoms with Gasteiger partial charge in [-0.25, -0.2) is 0 Å². The Hall–Kier alpha value is -2.80. The molecule has 0 spiro atoms. The quantitative estimate of drug-likeness (QED) is 0.387. The van der Waals surface area contributed by atoms with Crippen molar-refractivity contribution in [3.63, 3.8) is 0 Å². The van der Waals surface area contributed by atoms with E-state index >= 15 is 0 Å². The lowest BCUT2D eigenvalue weighted by atomic mass is 9.92. The molecule has 4 rings (SSSR count). The van der Waals surface area contributed by atoms with Gasteiger partial charge in [0.25, 0.3) is 0 Å². The van der Waals surface area contributed by atoms with Gasteiger partial charge in [0.15, 0.2) is 0 Å². The number of nitrogens with zero attached hydrogens (tertiary/aromatic N) is 1. The minimum absolute atomic E-state index is 1.03. The molecule has 0 aliphatic rings. The standard InChI is InChI=1S/C24H23N/c1-3-25(4-2)21-15-13-18(14-16-21)24-22-11-7-5-9-19(22)17-20-10-6-8-12-23(20)24/h5-17H,3-4H2,1-2H3. The Morgan fingerprint density at radius 1 is 0.640 bits per heavy atom. The molecular formula is C24H23N. The van der Waals surface area contributed by atoms with Crippen LogP contribution in [0.1, 0.15) is 13.8 Å². The molecule has 0 saturated heterocycles. The van der Waals surface area contributed by atoms with Crippen molar-refractivity contribution in [3.8, 4) is 11.1 Å². The van der Waals surface area contributed by atoms with E-state index < -0.39 is 0 Å². The van der Waals surface area contributed by atoms with Crippen molar-refractivity contribution in [3.05, 3.63) is 78.9 Å². The van der Waals surface area contributed by atoms with E-state index in [1.807, 2.05) is 0 Å². The number of anilines is 1. The maximum Gasteiger partial charge on any atom is 0.0366 e. The van der Waals surface area contributed by atoms with Gasteiger partial charge in [0, 0.05) is 18.8 Å². The summed E-state index contributed by atoms with van der Waals surface area (Å²) in [6.07, 6.45) is 0. The fraction of sp³-hybridized carbons (Fsp3) is 0.167. The highest BCUT2D eigenvalue weighted by atomic mass is 15.1. The summed E-state index contributed by atoms with van der Waals surface area (Å²) in [5, 5.41) is 5.22. The first-order valence-corrected chi connectivity index (χ1v) is 9.07. The predicted octanol–water partition coefficient (Wildman–Crippen LogP) is 6.51. The summed E-state index contributed by atoms with van der Waals surface area (Å²) in [5.74, 6) is 0. The lowest BCUT2D eigenvalue weighted by Crippen LogP contribution is -2.21. The van der Waals surface area contributed by atoms with E-state index in [1.54, 1.807) is 0 Å². The Bertz CT molecular complexity index is 957. The van der Waals surface area contributed by atoms with E-state index in [0.29, 0.717) is 0 Å². The Labute approximate surface area is 149 Å². The van der Waals surface area contributed by atoms with Crippen LogP contribution in [0.2, 0.25) is 0 Å². The molecule has 0 heterocycles. The molecule has 4 aromatic carbocycles. The number of hydrogen-bond acceptors (Lipinski definition) is 1. The minimum Gasteiger partial charge on any atom is -0.372 e. The normalized spacial score (nSPS) is 11.1. The van der Waals surface area contributed by atoms with Crippen LogP contribution in [0.4, 0.5) is 5.69 Å². The molecule has 0 fully saturated rings. The molecular weight excluding hydrogens is 302 g/mol. The molecule has 0 unspecified atom stereocenters. The van der Waals surface area contributed by atoms with Gasteiger partial charge in [-0.15, -0.1) is 0 Å². The second-order valence-electron chi connectivity index (χ2n) is 6.41. The summed E-state index contributed by atoms with van der Waals surface area (Å²) in [6, 6.07) is 28.7. The van der Waals surface area contributed by atoms with Crippen LogP contribution in [0.3, 0.4) is 0 Å². The van der Waals surface area contributed by atoms with E-state index in [4.69, 9.17) is 0 Å². The summed E-state index contributed by atoms with van der Waals surface area (Å²) in [7, 11) is 0. The van der Waals surface area contributed by atoms with Gasteiger partial charge in [-0.05, 0) is 64.7 Å². The first-order chi connectivity index (χ1) is 12.3. The fourth-order valence-corrected chi connectivity index (χ4v) is 3.75. The predicted molar refractivity (Wildman–Crippen MR) is 110 cm³/mol. The Balaban J connectivity index is 1.95. The summed E-state index contributed by atoms with van der Waals surface area (Å²) in [6.45, 7) is 6.48.